The van der Waals surface area contributed by atoms with Crippen LogP contribution in [0.15, 0.2) is 23.6 Å². The average molecular weight is 313 g/mol. The molecule has 2 unspecified atom stereocenters. The van der Waals surface area contributed by atoms with E-state index in [9.17, 15) is 5.11 Å². The van der Waals surface area contributed by atoms with Gasteiger partial charge in [-0.2, -0.15) is 0 Å². The number of benzene rings is 1. The highest BCUT2D eigenvalue weighted by atomic mass is 35.5. The van der Waals surface area contributed by atoms with Crippen LogP contribution in [0.3, 0.4) is 0 Å². The molecule has 2 rings (SSSR count). The molecule has 2 atom stereocenters. The van der Waals surface area contributed by atoms with Gasteiger partial charge in [0.15, 0.2) is 0 Å². The van der Waals surface area contributed by atoms with Gasteiger partial charge in [-0.25, -0.2) is 4.98 Å². The molecule has 1 aromatic heterocycles. The normalized spacial score (nSPS) is 14.1. The van der Waals surface area contributed by atoms with E-state index in [0.717, 1.165) is 10.6 Å². The number of nitrogens with two attached hydrogens (primary N) is 1. The Morgan fingerprint density at radius 2 is 2.25 bits per heavy atom. The Balaban J connectivity index is 2.39. The number of nitrogens with zero attached hydrogens (tertiary/aromatic N) is 1. The van der Waals surface area contributed by atoms with Crippen LogP contribution < -0.4 is 10.5 Å². The predicted octanol–water partition coefficient (Wildman–Crippen LogP) is 2.89. The van der Waals surface area contributed by atoms with Crippen molar-refractivity contribution in [3.05, 3.63) is 44.9 Å². The second kappa shape index (κ2) is 6.54. The van der Waals surface area contributed by atoms with E-state index in [1.54, 1.807) is 25.3 Å². The van der Waals surface area contributed by atoms with Crippen LogP contribution >= 0.6 is 22.9 Å². The summed E-state index contributed by atoms with van der Waals surface area (Å²) < 4.78 is 5.33. The van der Waals surface area contributed by atoms with Gasteiger partial charge in [0.05, 0.1) is 17.8 Å². The summed E-state index contributed by atoms with van der Waals surface area (Å²) in [4.78, 5) is 4.32. The topological polar surface area (TPSA) is 68.4 Å². The molecule has 1 aromatic carbocycles. The Bertz CT molecular complexity index is 588. The summed E-state index contributed by atoms with van der Waals surface area (Å²) in [6.45, 7) is 2.17. The summed E-state index contributed by atoms with van der Waals surface area (Å²) in [6.07, 6.45) is -0.780. The number of hydrogen-bond acceptors (Lipinski definition) is 5. The fourth-order valence-corrected chi connectivity index (χ4v) is 2.97. The van der Waals surface area contributed by atoms with Gasteiger partial charge in [-0.15, -0.1) is 11.3 Å². The van der Waals surface area contributed by atoms with Crippen LogP contribution in [0.5, 0.6) is 5.75 Å². The predicted molar refractivity (Wildman–Crippen MR) is 81.6 cm³/mol. The lowest BCUT2D eigenvalue weighted by Gasteiger charge is -2.22. The first kappa shape index (κ1) is 15.3. The number of methoxy groups -OCH3 is 1. The molecule has 2 aromatic rings. The zero-order chi connectivity index (χ0) is 14.7. The third kappa shape index (κ3) is 3.12. The standard InChI is InChI=1S/C14H17ClN2O2S/c1-8-17-12(7-20-8)14(18)11(6-16)10-5-9(15)3-4-13(10)19-2/h3-5,7,11,14,18H,6,16H2,1-2H3. The molecular weight excluding hydrogens is 296 g/mol. The first-order valence-electron chi connectivity index (χ1n) is 6.20. The molecule has 0 amide bonds. The summed E-state index contributed by atoms with van der Waals surface area (Å²) in [7, 11) is 1.58. The van der Waals surface area contributed by atoms with Crippen molar-refractivity contribution in [1.82, 2.24) is 4.98 Å². The van der Waals surface area contributed by atoms with E-state index >= 15 is 0 Å². The molecule has 0 bridgehead atoms. The summed E-state index contributed by atoms with van der Waals surface area (Å²) in [5.41, 5.74) is 7.26. The molecule has 3 N–H and O–H groups in total. The molecule has 4 nitrogen and oxygen atoms in total. The van der Waals surface area contributed by atoms with Gasteiger partial charge in [0.2, 0.25) is 0 Å². The van der Waals surface area contributed by atoms with Crippen LogP contribution in [0.25, 0.3) is 0 Å². The number of aliphatic hydroxyl groups is 1. The first-order valence-corrected chi connectivity index (χ1v) is 7.46. The zero-order valence-corrected chi connectivity index (χ0v) is 12.9. The Morgan fingerprint density at radius 1 is 1.50 bits per heavy atom. The molecule has 0 saturated carbocycles. The number of halogens is 1. The Morgan fingerprint density at radius 3 is 2.80 bits per heavy atom. The maximum atomic E-state index is 10.5. The van der Waals surface area contributed by atoms with Gasteiger partial charge in [-0.1, -0.05) is 11.6 Å². The molecule has 0 spiro atoms. The second-order valence-electron chi connectivity index (χ2n) is 4.46. The molecule has 0 aliphatic heterocycles. The number of aromatic nitrogens is 1. The van der Waals surface area contributed by atoms with E-state index in [-0.39, 0.29) is 12.5 Å². The highest BCUT2D eigenvalue weighted by molar-refractivity contribution is 7.09. The van der Waals surface area contributed by atoms with E-state index in [2.05, 4.69) is 4.98 Å². The van der Waals surface area contributed by atoms with Crippen LogP contribution in [0, 0.1) is 6.92 Å². The van der Waals surface area contributed by atoms with E-state index < -0.39 is 6.10 Å². The quantitative estimate of drug-likeness (QED) is 0.890. The molecule has 0 saturated heterocycles. The maximum Gasteiger partial charge on any atom is 0.122 e. The highest BCUT2D eigenvalue weighted by Gasteiger charge is 2.26. The van der Waals surface area contributed by atoms with Crippen molar-refractivity contribution in [3.63, 3.8) is 0 Å². The second-order valence-corrected chi connectivity index (χ2v) is 5.96. The van der Waals surface area contributed by atoms with Crippen LogP contribution in [0.4, 0.5) is 0 Å². The van der Waals surface area contributed by atoms with Gasteiger partial charge in [-0.05, 0) is 25.1 Å². The fraction of sp³-hybridized carbons (Fsp3) is 0.357. The molecule has 0 aliphatic carbocycles. The number of hydrogen-bond donors (Lipinski definition) is 2. The molecule has 0 fully saturated rings. The minimum Gasteiger partial charge on any atom is -0.496 e. The minimum atomic E-state index is -0.780. The van der Waals surface area contributed by atoms with Crippen molar-refractivity contribution in [3.8, 4) is 5.75 Å². The average Bonchev–Trinajstić information content (AvgIpc) is 2.86. The zero-order valence-electron chi connectivity index (χ0n) is 11.3. The van der Waals surface area contributed by atoms with Crippen LogP contribution in [0.2, 0.25) is 5.02 Å². The highest BCUT2D eigenvalue weighted by Crippen LogP contribution is 2.37. The number of ether oxygens (including phenoxy) is 1. The van der Waals surface area contributed by atoms with Crippen LogP contribution in [0.1, 0.15) is 28.3 Å². The SMILES string of the molecule is COc1ccc(Cl)cc1C(CN)C(O)c1csc(C)n1. The molecule has 20 heavy (non-hydrogen) atoms. The van der Waals surface area contributed by atoms with Gasteiger partial charge in [-0.3, -0.25) is 0 Å². The van der Waals surface area contributed by atoms with Crippen molar-refractivity contribution in [2.45, 2.75) is 18.9 Å². The van der Waals surface area contributed by atoms with E-state index in [4.69, 9.17) is 22.1 Å². The molecule has 1 heterocycles. The molecule has 108 valence electrons. The Hall–Kier alpha value is -1.14. The van der Waals surface area contributed by atoms with Gasteiger partial charge < -0.3 is 15.6 Å². The summed E-state index contributed by atoms with van der Waals surface area (Å²) >= 11 is 7.54. The molecule has 0 aliphatic rings. The van der Waals surface area contributed by atoms with E-state index in [1.807, 2.05) is 12.3 Å². The van der Waals surface area contributed by atoms with E-state index in [1.165, 1.54) is 11.3 Å². The molecular formula is C14H17ClN2O2S. The lowest BCUT2D eigenvalue weighted by molar-refractivity contribution is 0.142. The van der Waals surface area contributed by atoms with Crippen LogP contribution in [-0.4, -0.2) is 23.7 Å². The Kier molecular flexibility index (Phi) is 4.99. The van der Waals surface area contributed by atoms with Gasteiger partial charge in [0, 0.05) is 28.4 Å². The molecule has 6 heteroatoms. The Labute approximate surface area is 127 Å². The fourth-order valence-electron chi connectivity index (χ4n) is 2.14. The lowest BCUT2D eigenvalue weighted by atomic mass is 9.91. The number of rotatable bonds is 5. The summed E-state index contributed by atoms with van der Waals surface area (Å²) in [5.74, 6) is 0.348. The lowest BCUT2D eigenvalue weighted by Crippen LogP contribution is -2.21. The van der Waals surface area contributed by atoms with Crippen molar-refractivity contribution in [2.75, 3.05) is 13.7 Å². The monoisotopic (exact) mass is 312 g/mol. The third-order valence-corrected chi connectivity index (χ3v) is 4.19. The van der Waals surface area contributed by atoms with Crippen molar-refractivity contribution >= 4 is 22.9 Å². The van der Waals surface area contributed by atoms with Crippen molar-refractivity contribution < 1.29 is 9.84 Å². The van der Waals surface area contributed by atoms with Gasteiger partial charge >= 0.3 is 0 Å². The van der Waals surface area contributed by atoms with Crippen molar-refractivity contribution in [1.29, 1.82) is 0 Å². The first-order chi connectivity index (χ1) is 9.56. The number of aliphatic hydroxyl groups excluding tert-OH is 1. The van der Waals surface area contributed by atoms with Gasteiger partial charge in [0.1, 0.15) is 11.9 Å². The smallest absolute Gasteiger partial charge is 0.122 e. The summed E-state index contributed by atoms with van der Waals surface area (Å²) in [5, 5.41) is 13.9. The third-order valence-electron chi connectivity index (χ3n) is 3.17. The summed E-state index contributed by atoms with van der Waals surface area (Å²) in [6, 6.07) is 5.30. The number of aryl methyl sites for hydroxylation is 1. The maximum absolute atomic E-state index is 10.5. The number of thiazole rings is 1. The van der Waals surface area contributed by atoms with Gasteiger partial charge in [0.25, 0.3) is 0 Å². The van der Waals surface area contributed by atoms with Crippen molar-refractivity contribution in [2.24, 2.45) is 5.73 Å². The van der Waals surface area contributed by atoms with E-state index in [0.29, 0.717) is 16.5 Å². The minimum absolute atomic E-state index is 0.272. The largest absolute Gasteiger partial charge is 0.496 e. The molecule has 0 radical (unpaired) electrons. The van der Waals surface area contributed by atoms with Crippen LogP contribution in [-0.2, 0) is 0 Å².